The highest BCUT2D eigenvalue weighted by Gasteiger charge is 2.26. The molecule has 1 atom stereocenters. The monoisotopic (exact) mass is 307 g/mol. The largest absolute Gasteiger partial charge is 0.353 e. The molecule has 5 nitrogen and oxygen atoms in total. The van der Waals surface area contributed by atoms with Crippen LogP contribution in [0.15, 0.2) is 11.6 Å². The van der Waals surface area contributed by atoms with E-state index in [-0.39, 0.29) is 0 Å². The summed E-state index contributed by atoms with van der Waals surface area (Å²) < 4.78 is 2.24. The van der Waals surface area contributed by atoms with Crippen LogP contribution in [-0.4, -0.2) is 54.1 Å². The van der Waals surface area contributed by atoms with Gasteiger partial charge in [-0.05, 0) is 33.5 Å². The van der Waals surface area contributed by atoms with Crippen LogP contribution in [0, 0.1) is 0 Å². The van der Waals surface area contributed by atoms with Crippen molar-refractivity contribution in [3.63, 3.8) is 0 Å². The predicted octanol–water partition coefficient (Wildman–Crippen LogP) is 2.04. The van der Waals surface area contributed by atoms with Crippen LogP contribution in [0.25, 0.3) is 4.96 Å². The molecular formula is C15H25N5S. The van der Waals surface area contributed by atoms with E-state index in [1.54, 1.807) is 11.3 Å². The van der Waals surface area contributed by atoms with Gasteiger partial charge in [0, 0.05) is 37.3 Å². The molecule has 116 valence electrons. The first-order valence-electron chi connectivity index (χ1n) is 7.77. The number of nitrogens with one attached hydrogen (secondary N) is 1. The molecule has 6 heteroatoms. The number of anilines is 1. The van der Waals surface area contributed by atoms with E-state index < -0.39 is 0 Å². The molecule has 0 saturated carbocycles. The zero-order valence-electron chi connectivity index (χ0n) is 13.2. The van der Waals surface area contributed by atoms with E-state index >= 15 is 0 Å². The van der Waals surface area contributed by atoms with Gasteiger partial charge >= 0.3 is 0 Å². The van der Waals surface area contributed by atoms with E-state index in [9.17, 15) is 0 Å². The summed E-state index contributed by atoms with van der Waals surface area (Å²) in [5.74, 6) is 1.18. The van der Waals surface area contributed by atoms with E-state index in [2.05, 4.69) is 52.1 Å². The number of imidazole rings is 1. The van der Waals surface area contributed by atoms with Gasteiger partial charge in [-0.2, -0.15) is 0 Å². The van der Waals surface area contributed by atoms with Crippen LogP contribution in [0.1, 0.15) is 25.5 Å². The maximum atomic E-state index is 4.89. The molecule has 1 aliphatic rings. The van der Waals surface area contributed by atoms with Crippen LogP contribution in [0.3, 0.4) is 0 Å². The molecule has 1 aliphatic heterocycles. The summed E-state index contributed by atoms with van der Waals surface area (Å²) in [7, 11) is 4.36. The maximum Gasteiger partial charge on any atom is 0.195 e. The molecule has 0 spiro atoms. The number of nitrogens with zero attached hydrogens (tertiary/aromatic N) is 4. The zero-order chi connectivity index (χ0) is 14.8. The molecule has 2 aromatic rings. The van der Waals surface area contributed by atoms with Gasteiger partial charge in [-0.25, -0.2) is 4.98 Å². The smallest absolute Gasteiger partial charge is 0.195 e. The highest BCUT2D eigenvalue weighted by molar-refractivity contribution is 7.15. The Morgan fingerprint density at radius 2 is 2.33 bits per heavy atom. The summed E-state index contributed by atoms with van der Waals surface area (Å²) in [5.41, 5.74) is 1.30. The molecule has 0 radical (unpaired) electrons. The quantitative estimate of drug-likeness (QED) is 0.917. The fraction of sp³-hybridized carbons (Fsp3) is 0.667. The molecule has 1 saturated heterocycles. The molecular weight excluding hydrogens is 282 g/mol. The zero-order valence-corrected chi connectivity index (χ0v) is 14.0. The maximum absolute atomic E-state index is 4.89. The first-order valence-corrected chi connectivity index (χ1v) is 8.65. The topological polar surface area (TPSA) is 35.8 Å². The Kier molecular flexibility index (Phi) is 4.47. The Hall–Kier alpha value is -1.11. The second-order valence-corrected chi connectivity index (χ2v) is 6.80. The summed E-state index contributed by atoms with van der Waals surface area (Å²) >= 11 is 1.71. The lowest BCUT2D eigenvalue weighted by Crippen LogP contribution is -2.45. The van der Waals surface area contributed by atoms with E-state index in [1.165, 1.54) is 24.4 Å². The van der Waals surface area contributed by atoms with Crippen molar-refractivity contribution >= 4 is 22.1 Å². The van der Waals surface area contributed by atoms with Crippen molar-refractivity contribution < 1.29 is 0 Å². The van der Waals surface area contributed by atoms with Crippen LogP contribution in [0.2, 0.25) is 0 Å². The number of rotatable bonds is 5. The third kappa shape index (κ3) is 2.93. The van der Waals surface area contributed by atoms with Crippen molar-refractivity contribution in [3.05, 3.63) is 17.3 Å². The average Bonchev–Trinajstić information content (AvgIpc) is 3.06. The molecule has 1 unspecified atom stereocenters. The third-order valence-corrected chi connectivity index (χ3v) is 5.07. The molecule has 0 amide bonds. The Morgan fingerprint density at radius 3 is 3.10 bits per heavy atom. The van der Waals surface area contributed by atoms with Gasteiger partial charge in [0.2, 0.25) is 0 Å². The van der Waals surface area contributed by atoms with Crippen LogP contribution in [0.5, 0.6) is 0 Å². The normalized spacial score (nSPS) is 19.8. The number of thiazole rings is 1. The lowest BCUT2D eigenvalue weighted by Gasteiger charge is -2.36. The second kappa shape index (κ2) is 6.34. The molecule has 21 heavy (non-hydrogen) atoms. The molecule has 3 heterocycles. The van der Waals surface area contributed by atoms with Gasteiger partial charge in [0.05, 0.1) is 5.69 Å². The van der Waals surface area contributed by atoms with Crippen molar-refractivity contribution in [2.45, 2.75) is 32.4 Å². The minimum absolute atomic E-state index is 0.630. The summed E-state index contributed by atoms with van der Waals surface area (Å²) in [5, 5.41) is 5.56. The number of hydrogen-bond acceptors (Lipinski definition) is 5. The fourth-order valence-corrected chi connectivity index (χ4v) is 3.78. The van der Waals surface area contributed by atoms with Gasteiger partial charge in [-0.15, -0.1) is 11.3 Å². The van der Waals surface area contributed by atoms with Gasteiger partial charge in [-0.3, -0.25) is 4.40 Å². The molecule has 0 bridgehead atoms. The van der Waals surface area contributed by atoms with E-state index in [0.717, 1.165) is 31.1 Å². The Morgan fingerprint density at radius 1 is 1.48 bits per heavy atom. The van der Waals surface area contributed by atoms with Crippen molar-refractivity contribution in [2.75, 3.05) is 38.6 Å². The number of fused-ring (bicyclic) bond motifs is 1. The standard InChI is InChI=1S/C15H25N5S/c1-4-16-10-13-14(17-15-20(13)8-9-21-15)19-7-5-6-12(11-19)18(2)3/h8-9,12,16H,4-7,10-11H2,1-3H3. The summed E-state index contributed by atoms with van der Waals surface area (Å²) in [4.78, 5) is 10.8. The molecule has 2 aromatic heterocycles. The number of hydrogen-bond donors (Lipinski definition) is 1. The molecule has 1 N–H and O–H groups in total. The molecule has 0 aromatic carbocycles. The number of likely N-dealkylation sites (N-methyl/N-ethyl adjacent to an activating group) is 1. The van der Waals surface area contributed by atoms with E-state index in [1.807, 2.05) is 0 Å². The first-order chi connectivity index (χ1) is 10.2. The average molecular weight is 307 g/mol. The first kappa shape index (κ1) is 14.8. The van der Waals surface area contributed by atoms with Crippen molar-refractivity contribution in [2.24, 2.45) is 0 Å². The lowest BCUT2D eigenvalue weighted by molar-refractivity contribution is 0.257. The third-order valence-electron chi connectivity index (χ3n) is 4.31. The SMILES string of the molecule is CCNCc1c(N2CCCC(N(C)C)C2)nc2sccn12. The molecule has 1 fully saturated rings. The molecule has 0 aliphatic carbocycles. The van der Waals surface area contributed by atoms with Gasteiger partial charge in [0.25, 0.3) is 0 Å². The summed E-state index contributed by atoms with van der Waals surface area (Å²) in [6, 6.07) is 0.630. The predicted molar refractivity (Wildman–Crippen MR) is 89.4 cm³/mol. The van der Waals surface area contributed by atoms with E-state index in [0.29, 0.717) is 6.04 Å². The summed E-state index contributed by atoms with van der Waals surface area (Å²) in [6.45, 7) is 6.21. The van der Waals surface area contributed by atoms with Gasteiger partial charge in [0.1, 0.15) is 0 Å². The van der Waals surface area contributed by atoms with Crippen LogP contribution >= 0.6 is 11.3 Å². The Balaban J connectivity index is 1.89. The van der Waals surface area contributed by atoms with Crippen LogP contribution in [0.4, 0.5) is 5.82 Å². The number of aromatic nitrogens is 2. The highest BCUT2D eigenvalue weighted by Crippen LogP contribution is 2.27. The Bertz CT molecular complexity index is 588. The van der Waals surface area contributed by atoms with Crippen LogP contribution < -0.4 is 10.2 Å². The highest BCUT2D eigenvalue weighted by atomic mass is 32.1. The Labute approximate surface area is 130 Å². The van der Waals surface area contributed by atoms with Gasteiger partial charge in [0.15, 0.2) is 10.8 Å². The summed E-state index contributed by atoms with van der Waals surface area (Å²) in [6.07, 6.45) is 4.67. The van der Waals surface area contributed by atoms with E-state index in [4.69, 9.17) is 4.98 Å². The molecule has 3 rings (SSSR count). The fourth-order valence-electron chi connectivity index (χ4n) is 3.05. The van der Waals surface area contributed by atoms with Crippen molar-refractivity contribution in [3.8, 4) is 0 Å². The van der Waals surface area contributed by atoms with Gasteiger partial charge in [-0.1, -0.05) is 6.92 Å². The minimum Gasteiger partial charge on any atom is -0.353 e. The lowest BCUT2D eigenvalue weighted by atomic mass is 10.0. The van der Waals surface area contributed by atoms with Crippen molar-refractivity contribution in [1.82, 2.24) is 19.6 Å². The van der Waals surface area contributed by atoms with Gasteiger partial charge < -0.3 is 15.1 Å². The van der Waals surface area contributed by atoms with Crippen LogP contribution in [-0.2, 0) is 6.54 Å². The minimum atomic E-state index is 0.630. The van der Waals surface area contributed by atoms with Crippen molar-refractivity contribution in [1.29, 1.82) is 0 Å². The second-order valence-electron chi connectivity index (χ2n) is 5.92. The number of piperidine rings is 1.